The van der Waals surface area contributed by atoms with Gasteiger partial charge in [0.2, 0.25) is 0 Å². The molecule has 112 valence electrons. The molecule has 4 heteroatoms. The molecule has 2 atom stereocenters. The second-order valence-corrected chi connectivity index (χ2v) is 5.36. The van der Waals surface area contributed by atoms with Crippen molar-refractivity contribution in [2.75, 3.05) is 0 Å². The number of hydrogen-bond donors (Lipinski definition) is 0. The Balaban J connectivity index is 1.77. The number of cyclic esters (lactones) is 1. The van der Waals surface area contributed by atoms with Gasteiger partial charge in [0.25, 0.3) is 5.91 Å². The molecule has 1 aliphatic rings. The number of carbonyl (C=O) groups is 2. The lowest BCUT2D eigenvalue weighted by molar-refractivity contribution is -0.130. The molecule has 3 rings (SSSR count). The Morgan fingerprint density at radius 2 is 1.59 bits per heavy atom. The Kier molecular flexibility index (Phi) is 3.92. The first-order valence-corrected chi connectivity index (χ1v) is 7.29. The molecule has 0 aromatic heterocycles. The second kappa shape index (κ2) is 6.02. The predicted octanol–water partition coefficient (Wildman–Crippen LogP) is 3.34. The van der Waals surface area contributed by atoms with E-state index in [1.807, 2.05) is 67.6 Å². The summed E-state index contributed by atoms with van der Waals surface area (Å²) in [6, 6.07) is 18.7. The maximum Gasteiger partial charge on any atom is 0.418 e. The van der Waals surface area contributed by atoms with E-state index in [4.69, 9.17) is 4.74 Å². The molecular formula is C18H17NO3. The quantitative estimate of drug-likeness (QED) is 0.869. The van der Waals surface area contributed by atoms with Gasteiger partial charge in [0.05, 0.1) is 6.04 Å². The van der Waals surface area contributed by atoms with Gasteiger partial charge in [-0.15, -0.1) is 0 Å². The van der Waals surface area contributed by atoms with E-state index in [9.17, 15) is 9.59 Å². The fraction of sp³-hybridized carbons (Fsp3) is 0.222. The van der Waals surface area contributed by atoms with Crippen LogP contribution in [0.5, 0.6) is 0 Å². The van der Waals surface area contributed by atoms with Gasteiger partial charge in [-0.25, -0.2) is 9.69 Å². The highest BCUT2D eigenvalue weighted by atomic mass is 16.6. The lowest BCUT2D eigenvalue weighted by Gasteiger charge is -2.20. The van der Waals surface area contributed by atoms with Gasteiger partial charge in [-0.05, 0) is 18.1 Å². The Labute approximate surface area is 129 Å². The largest absolute Gasteiger partial charge is 0.435 e. The summed E-state index contributed by atoms with van der Waals surface area (Å²) in [5.41, 5.74) is 1.89. The summed E-state index contributed by atoms with van der Waals surface area (Å²) in [5, 5.41) is 0. The fourth-order valence-electron chi connectivity index (χ4n) is 2.66. The topological polar surface area (TPSA) is 46.6 Å². The van der Waals surface area contributed by atoms with Gasteiger partial charge in [0.1, 0.15) is 0 Å². The van der Waals surface area contributed by atoms with Crippen molar-refractivity contribution in [3.05, 3.63) is 71.8 Å². The van der Waals surface area contributed by atoms with E-state index >= 15 is 0 Å². The summed E-state index contributed by atoms with van der Waals surface area (Å²) in [7, 11) is 0. The molecule has 1 unspecified atom stereocenters. The van der Waals surface area contributed by atoms with Crippen LogP contribution in [0.25, 0.3) is 0 Å². The van der Waals surface area contributed by atoms with E-state index < -0.39 is 12.2 Å². The molecule has 0 saturated carbocycles. The summed E-state index contributed by atoms with van der Waals surface area (Å²) >= 11 is 0. The molecule has 4 nitrogen and oxygen atoms in total. The number of imide groups is 1. The van der Waals surface area contributed by atoms with E-state index in [1.54, 1.807) is 0 Å². The normalized spacial score (nSPS) is 19.1. The maximum atomic E-state index is 12.5. The van der Waals surface area contributed by atoms with Crippen LogP contribution in [0.1, 0.15) is 24.1 Å². The van der Waals surface area contributed by atoms with Crippen LogP contribution in [0.2, 0.25) is 0 Å². The molecule has 1 saturated heterocycles. The average molecular weight is 295 g/mol. The van der Waals surface area contributed by atoms with Crippen molar-refractivity contribution in [3.8, 4) is 0 Å². The first kappa shape index (κ1) is 14.3. The standard InChI is InChI=1S/C18H17NO3/c1-13(15-10-6-3-7-11-15)19-17(20)16(22-18(19)21)12-14-8-4-2-5-9-14/h2-11,13,16H,12H2,1H3/t13-,16?/m1/s1. The van der Waals surface area contributed by atoms with Crippen LogP contribution in [-0.2, 0) is 16.0 Å². The molecule has 22 heavy (non-hydrogen) atoms. The third-order valence-electron chi connectivity index (χ3n) is 3.89. The molecule has 0 N–H and O–H groups in total. The van der Waals surface area contributed by atoms with E-state index in [0.717, 1.165) is 11.1 Å². The molecule has 2 amide bonds. The molecule has 2 aromatic rings. The smallest absolute Gasteiger partial charge is 0.418 e. The molecule has 0 aliphatic carbocycles. The highest BCUT2D eigenvalue weighted by Crippen LogP contribution is 2.27. The number of carbonyl (C=O) groups excluding carboxylic acids is 2. The molecule has 0 bridgehead atoms. The number of amides is 2. The highest BCUT2D eigenvalue weighted by Gasteiger charge is 2.43. The lowest BCUT2D eigenvalue weighted by atomic mass is 10.1. The predicted molar refractivity (Wildman–Crippen MR) is 82.1 cm³/mol. The molecule has 0 radical (unpaired) electrons. The molecule has 1 heterocycles. The Hall–Kier alpha value is -2.62. The highest BCUT2D eigenvalue weighted by molar-refractivity contribution is 6.00. The minimum Gasteiger partial charge on any atom is -0.435 e. The van der Waals surface area contributed by atoms with Gasteiger partial charge in [0, 0.05) is 6.42 Å². The zero-order valence-electron chi connectivity index (χ0n) is 12.3. The van der Waals surface area contributed by atoms with Gasteiger partial charge >= 0.3 is 6.09 Å². The maximum absolute atomic E-state index is 12.5. The second-order valence-electron chi connectivity index (χ2n) is 5.36. The Morgan fingerprint density at radius 3 is 2.23 bits per heavy atom. The van der Waals surface area contributed by atoms with Crippen LogP contribution in [0.3, 0.4) is 0 Å². The van der Waals surface area contributed by atoms with Crippen molar-refractivity contribution in [3.63, 3.8) is 0 Å². The molecule has 1 aliphatic heterocycles. The van der Waals surface area contributed by atoms with Crippen LogP contribution in [0.4, 0.5) is 4.79 Å². The third-order valence-corrected chi connectivity index (χ3v) is 3.89. The van der Waals surface area contributed by atoms with E-state index in [1.165, 1.54) is 4.90 Å². The molecule has 2 aromatic carbocycles. The number of ether oxygens (including phenoxy) is 1. The van der Waals surface area contributed by atoms with Crippen LogP contribution >= 0.6 is 0 Å². The lowest BCUT2D eigenvalue weighted by Crippen LogP contribution is -2.34. The molecule has 0 spiro atoms. The van der Waals surface area contributed by atoms with E-state index in [-0.39, 0.29) is 11.9 Å². The van der Waals surface area contributed by atoms with Gasteiger partial charge in [-0.2, -0.15) is 0 Å². The van der Waals surface area contributed by atoms with Gasteiger partial charge in [-0.3, -0.25) is 4.79 Å². The number of nitrogens with zero attached hydrogens (tertiary/aromatic N) is 1. The van der Waals surface area contributed by atoms with Crippen molar-refractivity contribution < 1.29 is 14.3 Å². The first-order chi connectivity index (χ1) is 10.7. The number of rotatable bonds is 4. The third kappa shape index (κ3) is 2.72. The summed E-state index contributed by atoms with van der Waals surface area (Å²) < 4.78 is 5.27. The molecule has 1 fully saturated rings. The first-order valence-electron chi connectivity index (χ1n) is 7.29. The van der Waals surface area contributed by atoms with E-state index in [0.29, 0.717) is 6.42 Å². The zero-order chi connectivity index (χ0) is 15.5. The fourth-order valence-corrected chi connectivity index (χ4v) is 2.66. The number of benzene rings is 2. The van der Waals surface area contributed by atoms with Crippen molar-refractivity contribution in [1.29, 1.82) is 0 Å². The SMILES string of the molecule is C[C@H](c1ccccc1)N1C(=O)OC(Cc2ccccc2)C1=O. The van der Waals surface area contributed by atoms with Crippen molar-refractivity contribution in [2.45, 2.75) is 25.5 Å². The number of hydrogen-bond acceptors (Lipinski definition) is 3. The minimum atomic E-state index is -0.735. The van der Waals surface area contributed by atoms with Gasteiger partial charge in [-0.1, -0.05) is 60.7 Å². The minimum absolute atomic E-state index is 0.273. The monoisotopic (exact) mass is 295 g/mol. The summed E-state index contributed by atoms with van der Waals surface area (Å²) in [6.45, 7) is 1.83. The van der Waals surface area contributed by atoms with Crippen LogP contribution in [-0.4, -0.2) is 23.0 Å². The molecular weight excluding hydrogens is 278 g/mol. The van der Waals surface area contributed by atoms with Crippen LogP contribution in [0, 0.1) is 0 Å². The van der Waals surface area contributed by atoms with Crippen LogP contribution in [0.15, 0.2) is 60.7 Å². The van der Waals surface area contributed by atoms with Crippen molar-refractivity contribution in [2.24, 2.45) is 0 Å². The van der Waals surface area contributed by atoms with Gasteiger partial charge < -0.3 is 4.74 Å². The summed E-state index contributed by atoms with van der Waals surface area (Å²) in [4.78, 5) is 25.8. The van der Waals surface area contributed by atoms with Crippen molar-refractivity contribution in [1.82, 2.24) is 4.90 Å². The Bertz CT molecular complexity index is 669. The van der Waals surface area contributed by atoms with Gasteiger partial charge in [0.15, 0.2) is 6.10 Å². The van der Waals surface area contributed by atoms with Crippen LogP contribution < -0.4 is 0 Å². The summed E-state index contributed by atoms with van der Waals surface area (Å²) in [6.07, 6.45) is -0.896. The van der Waals surface area contributed by atoms with E-state index in [2.05, 4.69) is 0 Å². The Morgan fingerprint density at radius 1 is 1.00 bits per heavy atom. The summed E-state index contributed by atoms with van der Waals surface area (Å²) in [5.74, 6) is -0.273. The zero-order valence-corrected chi connectivity index (χ0v) is 12.3. The average Bonchev–Trinajstić information content (AvgIpc) is 2.82. The van der Waals surface area contributed by atoms with Crippen molar-refractivity contribution >= 4 is 12.0 Å².